The lowest BCUT2D eigenvalue weighted by atomic mass is 9.78. The molecule has 0 spiro atoms. The van der Waals surface area contributed by atoms with Gasteiger partial charge in [0.05, 0.1) is 12.0 Å². The Hall–Kier alpha value is -1.36. The Morgan fingerprint density at radius 3 is 2.77 bits per heavy atom. The van der Waals surface area contributed by atoms with Crippen LogP contribution in [0.5, 0.6) is 0 Å². The molecular formula is C17H22O5. The van der Waals surface area contributed by atoms with Gasteiger partial charge in [-0.25, -0.2) is 0 Å². The monoisotopic (exact) mass is 306 g/mol. The molecule has 5 heteroatoms. The molecule has 0 aromatic carbocycles. The van der Waals surface area contributed by atoms with Gasteiger partial charge in [-0.1, -0.05) is 18.1 Å². The molecule has 0 unspecified atom stereocenters. The minimum atomic E-state index is -0.299. The SMILES string of the molecule is CC(=O)O[C@H]1CC(C)=C2C[C@H]3O[C@@]3(C)[C@@H]2[C@H]2OC(=O)[C@@H](C)[C@@H]21. The number of hydrogen-bond acceptors (Lipinski definition) is 5. The van der Waals surface area contributed by atoms with E-state index in [2.05, 4.69) is 13.8 Å². The average molecular weight is 306 g/mol. The smallest absolute Gasteiger partial charge is 0.309 e. The normalized spacial score (nSPS) is 49.0. The second-order valence-electron chi connectivity index (χ2n) is 7.40. The molecule has 22 heavy (non-hydrogen) atoms. The zero-order valence-electron chi connectivity index (χ0n) is 13.4. The average Bonchev–Trinajstić information content (AvgIpc) is 2.88. The largest absolute Gasteiger partial charge is 0.462 e. The van der Waals surface area contributed by atoms with E-state index in [9.17, 15) is 9.59 Å². The molecule has 120 valence electrons. The van der Waals surface area contributed by atoms with Crippen molar-refractivity contribution in [3.05, 3.63) is 11.1 Å². The number of ether oxygens (including phenoxy) is 3. The van der Waals surface area contributed by atoms with Gasteiger partial charge in [-0.2, -0.15) is 0 Å². The molecule has 0 aromatic rings. The highest BCUT2D eigenvalue weighted by Crippen LogP contribution is 2.62. The van der Waals surface area contributed by atoms with Crippen molar-refractivity contribution in [2.24, 2.45) is 17.8 Å². The van der Waals surface area contributed by atoms with E-state index in [1.54, 1.807) is 0 Å². The highest BCUT2D eigenvalue weighted by molar-refractivity contribution is 5.75. The molecule has 7 atom stereocenters. The summed E-state index contributed by atoms with van der Waals surface area (Å²) in [7, 11) is 0. The summed E-state index contributed by atoms with van der Waals surface area (Å²) in [6, 6.07) is 0. The maximum atomic E-state index is 12.2. The summed E-state index contributed by atoms with van der Waals surface area (Å²) in [5.74, 6) is -0.709. The standard InChI is InChI=1S/C17H22O5/c1-7-5-11(20-9(3)18)13-8(2)16(19)21-15(13)14-10(7)6-12-17(14,4)22-12/h8,11-15H,5-6H2,1-4H3/t8-,11-,12+,13+,14-,15-,17+/m0/s1. The molecule has 2 aliphatic carbocycles. The molecule has 4 rings (SSSR count). The quantitative estimate of drug-likeness (QED) is 0.421. The summed E-state index contributed by atoms with van der Waals surface area (Å²) in [6.45, 7) is 7.53. The third-order valence-corrected chi connectivity index (χ3v) is 6.09. The van der Waals surface area contributed by atoms with E-state index >= 15 is 0 Å². The maximum Gasteiger partial charge on any atom is 0.309 e. The van der Waals surface area contributed by atoms with Crippen LogP contribution in [0.1, 0.15) is 40.5 Å². The maximum absolute atomic E-state index is 12.2. The number of carbonyl (C=O) groups excluding carboxylic acids is 2. The predicted molar refractivity (Wildman–Crippen MR) is 76.8 cm³/mol. The van der Waals surface area contributed by atoms with Gasteiger partial charge < -0.3 is 14.2 Å². The molecule has 0 amide bonds. The lowest BCUT2D eigenvalue weighted by molar-refractivity contribution is -0.151. The van der Waals surface area contributed by atoms with E-state index in [1.807, 2.05) is 6.92 Å². The fourth-order valence-electron chi connectivity index (χ4n) is 4.92. The number of hydrogen-bond donors (Lipinski definition) is 0. The van der Waals surface area contributed by atoms with Gasteiger partial charge in [0.25, 0.3) is 0 Å². The highest BCUT2D eigenvalue weighted by atomic mass is 16.6. The molecule has 5 nitrogen and oxygen atoms in total. The Bertz CT molecular complexity index is 594. The minimum absolute atomic E-state index is 0.0892. The summed E-state index contributed by atoms with van der Waals surface area (Å²) in [6.07, 6.45) is 1.33. The van der Waals surface area contributed by atoms with E-state index in [1.165, 1.54) is 18.1 Å². The van der Waals surface area contributed by atoms with Gasteiger partial charge >= 0.3 is 11.9 Å². The van der Waals surface area contributed by atoms with Crippen LogP contribution in [0.3, 0.4) is 0 Å². The number of rotatable bonds is 1. The van der Waals surface area contributed by atoms with Gasteiger partial charge in [0.2, 0.25) is 0 Å². The van der Waals surface area contributed by atoms with Crippen LogP contribution in [-0.2, 0) is 23.8 Å². The summed E-state index contributed by atoms with van der Waals surface area (Å²) in [5.41, 5.74) is 2.41. The van der Waals surface area contributed by atoms with Crippen LogP contribution in [0.15, 0.2) is 11.1 Å². The van der Waals surface area contributed by atoms with Crippen LogP contribution in [0, 0.1) is 17.8 Å². The zero-order chi connectivity index (χ0) is 15.8. The van der Waals surface area contributed by atoms with E-state index in [4.69, 9.17) is 14.2 Å². The topological polar surface area (TPSA) is 65.1 Å². The third-order valence-electron chi connectivity index (χ3n) is 6.09. The van der Waals surface area contributed by atoms with Gasteiger partial charge in [0, 0.05) is 25.2 Å². The molecule has 0 N–H and O–H groups in total. The minimum Gasteiger partial charge on any atom is -0.462 e. The Morgan fingerprint density at radius 1 is 1.36 bits per heavy atom. The van der Waals surface area contributed by atoms with Crippen molar-refractivity contribution in [1.29, 1.82) is 0 Å². The van der Waals surface area contributed by atoms with Crippen LogP contribution in [0.2, 0.25) is 0 Å². The molecule has 2 saturated heterocycles. The van der Waals surface area contributed by atoms with Crippen LogP contribution in [0.25, 0.3) is 0 Å². The third kappa shape index (κ3) is 1.75. The van der Waals surface area contributed by atoms with Crippen LogP contribution in [-0.4, -0.2) is 35.9 Å². The van der Waals surface area contributed by atoms with Crippen molar-refractivity contribution >= 4 is 11.9 Å². The van der Waals surface area contributed by atoms with Crippen molar-refractivity contribution in [2.75, 3.05) is 0 Å². The van der Waals surface area contributed by atoms with Gasteiger partial charge in [-0.3, -0.25) is 9.59 Å². The number of esters is 2. The number of fused-ring (bicyclic) bond motifs is 5. The van der Waals surface area contributed by atoms with Crippen molar-refractivity contribution < 1.29 is 23.8 Å². The van der Waals surface area contributed by atoms with Crippen molar-refractivity contribution in [2.45, 2.75) is 64.4 Å². The molecule has 3 fully saturated rings. The number of carbonyl (C=O) groups is 2. The molecule has 0 bridgehead atoms. The molecule has 2 heterocycles. The van der Waals surface area contributed by atoms with Gasteiger partial charge in [0.15, 0.2) is 0 Å². The van der Waals surface area contributed by atoms with Crippen molar-refractivity contribution in [3.63, 3.8) is 0 Å². The first-order chi connectivity index (χ1) is 10.3. The Balaban J connectivity index is 1.77. The van der Waals surface area contributed by atoms with Gasteiger partial charge in [-0.15, -0.1) is 0 Å². The Kier molecular flexibility index (Phi) is 2.81. The summed E-state index contributed by atoms with van der Waals surface area (Å²) >= 11 is 0. The van der Waals surface area contributed by atoms with Crippen LogP contribution < -0.4 is 0 Å². The molecule has 0 radical (unpaired) electrons. The summed E-state index contributed by atoms with van der Waals surface area (Å²) < 4.78 is 17.2. The van der Waals surface area contributed by atoms with Crippen molar-refractivity contribution in [1.82, 2.24) is 0 Å². The van der Waals surface area contributed by atoms with Crippen molar-refractivity contribution in [3.8, 4) is 0 Å². The molecule has 2 aliphatic heterocycles. The first-order valence-electron chi connectivity index (χ1n) is 8.07. The van der Waals surface area contributed by atoms with Crippen LogP contribution >= 0.6 is 0 Å². The second kappa shape index (κ2) is 4.34. The molecular weight excluding hydrogens is 284 g/mol. The zero-order valence-corrected chi connectivity index (χ0v) is 13.4. The fourth-order valence-corrected chi connectivity index (χ4v) is 4.92. The summed E-state index contributed by atoms with van der Waals surface area (Å²) in [4.78, 5) is 23.7. The molecule has 4 aliphatic rings. The van der Waals surface area contributed by atoms with E-state index in [0.29, 0.717) is 6.42 Å². The highest BCUT2D eigenvalue weighted by Gasteiger charge is 2.70. The fraction of sp³-hybridized carbons (Fsp3) is 0.765. The lowest BCUT2D eigenvalue weighted by Gasteiger charge is -2.30. The van der Waals surface area contributed by atoms with Gasteiger partial charge in [0.1, 0.15) is 17.8 Å². The van der Waals surface area contributed by atoms with Crippen LogP contribution in [0.4, 0.5) is 0 Å². The lowest BCUT2D eigenvalue weighted by Crippen LogP contribution is -2.41. The van der Waals surface area contributed by atoms with E-state index < -0.39 is 0 Å². The van der Waals surface area contributed by atoms with E-state index in [0.717, 1.165) is 6.42 Å². The Morgan fingerprint density at radius 2 is 2.09 bits per heavy atom. The molecule has 1 saturated carbocycles. The molecule has 0 aromatic heterocycles. The predicted octanol–water partition coefficient (Wildman–Crippen LogP) is 1.99. The first kappa shape index (κ1) is 14.2. The summed E-state index contributed by atoms with van der Waals surface area (Å²) in [5, 5.41) is 0. The number of epoxide rings is 1. The van der Waals surface area contributed by atoms with Gasteiger partial charge in [-0.05, 0) is 20.3 Å². The Labute approximate surface area is 130 Å². The first-order valence-corrected chi connectivity index (χ1v) is 8.07. The van der Waals surface area contributed by atoms with E-state index in [-0.39, 0.29) is 53.6 Å². The second-order valence-corrected chi connectivity index (χ2v) is 7.40.